The molecule has 2 heterocycles. The summed E-state index contributed by atoms with van der Waals surface area (Å²) in [4.78, 5) is 40.6. The summed E-state index contributed by atoms with van der Waals surface area (Å²) < 4.78 is 15.6. The maximum atomic E-state index is 13.9. The molecule has 1 amide bonds. The molecular formula is C23H21FN6O3S. The molecule has 3 N–H and O–H groups in total. The number of anilines is 1. The molecule has 0 aliphatic rings. The van der Waals surface area contributed by atoms with Crippen LogP contribution in [0.4, 0.5) is 10.1 Å². The van der Waals surface area contributed by atoms with E-state index in [1.54, 1.807) is 16.7 Å². The summed E-state index contributed by atoms with van der Waals surface area (Å²) in [6, 6.07) is 13.1. The Hall–Kier alpha value is -3.99. The maximum absolute atomic E-state index is 13.9. The van der Waals surface area contributed by atoms with Crippen molar-refractivity contribution >= 4 is 23.4 Å². The number of thioether (sulfide) groups is 1. The highest BCUT2D eigenvalue weighted by Crippen LogP contribution is 2.26. The van der Waals surface area contributed by atoms with Gasteiger partial charge in [0.1, 0.15) is 11.6 Å². The van der Waals surface area contributed by atoms with E-state index in [0.717, 1.165) is 28.6 Å². The quantitative estimate of drug-likeness (QED) is 0.349. The predicted molar refractivity (Wildman–Crippen MR) is 127 cm³/mol. The van der Waals surface area contributed by atoms with E-state index in [0.29, 0.717) is 16.7 Å². The van der Waals surface area contributed by atoms with Gasteiger partial charge in [0.05, 0.1) is 17.1 Å². The molecular weight excluding hydrogens is 459 g/mol. The summed E-state index contributed by atoms with van der Waals surface area (Å²) >= 11 is 1.14. The Morgan fingerprint density at radius 2 is 1.88 bits per heavy atom. The topological polar surface area (TPSA) is 126 Å². The monoisotopic (exact) mass is 480 g/mol. The lowest BCUT2D eigenvalue weighted by atomic mass is 10.1. The van der Waals surface area contributed by atoms with Crippen molar-refractivity contribution in [2.24, 2.45) is 0 Å². The lowest BCUT2D eigenvalue weighted by Gasteiger charge is -2.14. The molecule has 174 valence electrons. The van der Waals surface area contributed by atoms with Crippen molar-refractivity contribution in [1.82, 2.24) is 24.7 Å². The molecule has 4 rings (SSSR count). The smallest absolute Gasteiger partial charge is 0.323 e. The zero-order valence-corrected chi connectivity index (χ0v) is 19.2. The number of para-hydroxylation sites is 1. The first-order valence-electron chi connectivity index (χ1n) is 10.3. The number of carbonyl (C=O) groups is 1. The van der Waals surface area contributed by atoms with Gasteiger partial charge in [-0.15, -0.1) is 10.2 Å². The van der Waals surface area contributed by atoms with Gasteiger partial charge in [-0.1, -0.05) is 36.0 Å². The Bertz CT molecular complexity index is 1450. The Balaban J connectivity index is 1.65. The van der Waals surface area contributed by atoms with Crippen LogP contribution in [0.2, 0.25) is 0 Å². The number of halogens is 1. The number of H-pyrrole nitrogens is 2. The molecule has 9 nitrogen and oxygen atoms in total. The van der Waals surface area contributed by atoms with Gasteiger partial charge in [0.25, 0.3) is 5.56 Å². The molecule has 0 bridgehead atoms. The van der Waals surface area contributed by atoms with Crippen LogP contribution >= 0.6 is 11.8 Å². The molecule has 2 aromatic carbocycles. The van der Waals surface area contributed by atoms with E-state index in [9.17, 15) is 18.8 Å². The van der Waals surface area contributed by atoms with Gasteiger partial charge in [0.2, 0.25) is 5.91 Å². The summed E-state index contributed by atoms with van der Waals surface area (Å²) in [6.07, 6.45) is 0.140. The van der Waals surface area contributed by atoms with E-state index in [2.05, 4.69) is 25.5 Å². The largest absolute Gasteiger partial charge is 0.325 e. The second-order valence-electron chi connectivity index (χ2n) is 7.63. The van der Waals surface area contributed by atoms with Crippen LogP contribution in [-0.4, -0.2) is 36.4 Å². The summed E-state index contributed by atoms with van der Waals surface area (Å²) in [5, 5.41) is 11.5. The van der Waals surface area contributed by atoms with Crippen molar-refractivity contribution in [3.05, 3.63) is 97.8 Å². The molecule has 0 fully saturated rings. The summed E-state index contributed by atoms with van der Waals surface area (Å²) in [6.45, 7) is 3.89. The van der Waals surface area contributed by atoms with Crippen LogP contribution in [0.1, 0.15) is 22.6 Å². The van der Waals surface area contributed by atoms with Crippen LogP contribution in [0.3, 0.4) is 0 Å². The van der Waals surface area contributed by atoms with Crippen molar-refractivity contribution in [1.29, 1.82) is 0 Å². The number of benzene rings is 2. The molecule has 0 saturated heterocycles. The van der Waals surface area contributed by atoms with Gasteiger partial charge in [-0.2, -0.15) is 0 Å². The number of rotatable bonds is 7. The molecule has 0 radical (unpaired) electrons. The number of hydrogen-bond donors (Lipinski definition) is 3. The van der Waals surface area contributed by atoms with Crippen LogP contribution in [0.25, 0.3) is 5.69 Å². The van der Waals surface area contributed by atoms with Gasteiger partial charge >= 0.3 is 5.69 Å². The SMILES string of the molecule is Cc1ccc(C)c(-n2c(Cc3cc(=O)[nH]c(=O)[nH]3)nnc2SCC(=O)Nc2ccccc2F)c1. The first-order valence-corrected chi connectivity index (χ1v) is 11.3. The van der Waals surface area contributed by atoms with E-state index in [-0.39, 0.29) is 17.9 Å². The van der Waals surface area contributed by atoms with Crippen LogP contribution < -0.4 is 16.6 Å². The molecule has 0 aliphatic heterocycles. The Morgan fingerprint density at radius 3 is 2.65 bits per heavy atom. The van der Waals surface area contributed by atoms with Crippen LogP contribution in [0.5, 0.6) is 0 Å². The van der Waals surface area contributed by atoms with E-state index in [1.807, 2.05) is 32.0 Å². The number of amides is 1. The van der Waals surface area contributed by atoms with Crippen molar-refractivity contribution in [2.45, 2.75) is 25.4 Å². The Kier molecular flexibility index (Phi) is 6.73. The average molecular weight is 481 g/mol. The predicted octanol–water partition coefficient (Wildman–Crippen LogP) is 2.72. The molecule has 34 heavy (non-hydrogen) atoms. The van der Waals surface area contributed by atoms with E-state index < -0.39 is 23.0 Å². The summed E-state index contributed by atoms with van der Waals surface area (Å²) in [5.41, 5.74) is 2.12. The fourth-order valence-corrected chi connectivity index (χ4v) is 4.14. The lowest BCUT2D eigenvalue weighted by Crippen LogP contribution is -2.23. The molecule has 11 heteroatoms. The molecule has 0 saturated carbocycles. The van der Waals surface area contributed by atoms with Gasteiger partial charge in [0.15, 0.2) is 5.16 Å². The highest BCUT2D eigenvalue weighted by Gasteiger charge is 2.19. The van der Waals surface area contributed by atoms with Crippen LogP contribution in [0, 0.1) is 19.7 Å². The average Bonchev–Trinajstić information content (AvgIpc) is 3.17. The van der Waals surface area contributed by atoms with Gasteiger partial charge < -0.3 is 10.3 Å². The zero-order chi connectivity index (χ0) is 24.2. The highest BCUT2D eigenvalue weighted by atomic mass is 32.2. The minimum absolute atomic E-state index is 0.0286. The zero-order valence-electron chi connectivity index (χ0n) is 18.4. The number of carbonyl (C=O) groups excluding carboxylic acids is 1. The van der Waals surface area contributed by atoms with E-state index in [4.69, 9.17) is 0 Å². The number of aryl methyl sites for hydroxylation is 2. The number of nitrogens with zero attached hydrogens (tertiary/aromatic N) is 3. The third-order valence-electron chi connectivity index (χ3n) is 4.95. The number of hydrogen-bond acceptors (Lipinski definition) is 6. The number of aromatic nitrogens is 5. The van der Waals surface area contributed by atoms with Gasteiger partial charge in [0, 0.05) is 18.2 Å². The summed E-state index contributed by atoms with van der Waals surface area (Å²) in [5.74, 6) is -0.467. The molecule has 0 aliphatic carbocycles. The minimum atomic E-state index is -0.611. The fraction of sp³-hybridized carbons (Fsp3) is 0.174. The van der Waals surface area contributed by atoms with Crippen molar-refractivity contribution in [2.75, 3.05) is 11.1 Å². The first kappa shape index (κ1) is 23.2. The lowest BCUT2D eigenvalue weighted by molar-refractivity contribution is -0.113. The second kappa shape index (κ2) is 9.87. The third-order valence-corrected chi connectivity index (χ3v) is 5.88. The third kappa shape index (κ3) is 5.31. The first-order chi connectivity index (χ1) is 16.3. The highest BCUT2D eigenvalue weighted by molar-refractivity contribution is 7.99. The standard InChI is InChI=1S/C23H21FN6O3S/c1-13-7-8-14(2)18(9-13)30-19(10-15-11-20(31)27-22(33)25-15)28-29-23(30)34-12-21(32)26-17-6-4-3-5-16(17)24/h3-9,11H,10,12H2,1-2H3,(H,26,32)(H2,25,27,31,33). The van der Waals surface area contributed by atoms with Gasteiger partial charge in [-0.3, -0.25) is 19.1 Å². The molecule has 2 aromatic heterocycles. The van der Waals surface area contributed by atoms with Crippen molar-refractivity contribution in [3.63, 3.8) is 0 Å². The number of aromatic amines is 2. The molecule has 0 unspecified atom stereocenters. The molecule has 0 atom stereocenters. The van der Waals surface area contributed by atoms with Gasteiger partial charge in [-0.05, 0) is 43.2 Å². The summed E-state index contributed by atoms with van der Waals surface area (Å²) in [7, 11) is 0. The number of nitrogens with one attached hydrogen (secondary N) is 3. The maximum Gasteiger partial charge on any atom is 0.325 e. The van der Waals surface area contributed by atoms with Crippen molar-refractivity contribution < 1.29 is 9.18 Å². The molecule has 4 aromatic rings. The Morgan fingerprint density at radius 1 is 1.09 bits per heavy atom. The van der Waals surface area contributed by atoms with Crippen LogP contribution in [-0.2, 0) is 11.2 Å². The van der Waals surface area contributed by atoms with E-state index in [1.165, 1.54) is 18.2 Å². The van der Waals surface area contributed by atoms with E-state index >= 15 is 0 Å². The molecule has 0 spiro atoms. The van der Waals surface area contributed by atoms with Gasteiger partial charge in [-0.25, -0.2) is 9.18 Å². The van der Waals surface area contributed by atoms with Crippen LogP contribution in [0.15, 0.2) is 63.3 Å². The second-order valence-corrected chi connectivity index (χ2v) is 8.57. The fourth-order valence-electron chi connectivity index (χ4n) is 3.37. The van der Waals surface area contributed by atoms with Crippen molar-refractivity contribution in [3.8, 4) is 5.69 Å². The minimum Gasteiger partial charge on any atom is -0.323 e. The normalized spacial score (nSPS) is 10.9. The Labute approximate surface area is 197 Å².